The molecule has 2 rings (SSSR count). The van der Waals surface area contributed by atoms with Gasteiger partial charge in [-0.05, 0) is 6.92 Å². The summed E-state index contributed by atoms with van der Waals surface area (Å²) >= 11 is 0. The number of benzene rings is 1. The van der Waals surface area contributed by atoms with Gasteiger partial charge in [0, 0.05) is 23.6 Å². The Bertz CT molecular complexity index is 567. The summed E-state index contributed by atoms with van der Waals surface area (Å²) in [5.74, 6) is -1.48. The number of carbonyl (C=O) groups excluding carboxylic acids is 3. The first-order valence-electron chi connectivity index (χ1n) is 5.10. The van der Waals surface area contributed by atoms with Gasteiger partial charge in [0.05, 0.1) is 0 Å². The molecule has 0 amide bonds. The summed E-state index contributed by atoms with van der Waals surface area (Å²) in [5.41, 5.74) is 0.800. The first kappa shape index (κ1) is 11.3. The van der Waals surface area contributed by atoms with Crippen molar-refractivity contribution >= 4 is 17.5 Å². The second kappa shape index (κ2) is 3.97. The van der Waals surface area contributed by atoms with Gasteiger partial charge in [0.1, 0.15) is 0 Å². The lowest BCUT2D eigenvalue weighted by Crippen LogP contribution is -2.23. The molecule has 1 aliphatic carbocycles. The fourth-order valence-electron chi connectivity index (χ4n) is 1.74. The number of Topliss-reactive ketones (excluding diaryl/α,β-unsaturated/α-hetero) is 2. The zero-order chi connectivity index (χ0) is 12.6. The van der Waals surface area contributed by atoms with Gasteiger partial charge in [0.25, 0.3) is 0 Å². The van der Waals surface area contributed by atoms with E-state index in [-0.39, 0.29) is 22.7 Å². The summed E-state index contributed by atoms with van der Waals surface area (Å²) in [6.07, 6.45) is 0. The van der Waals surface area contributed by atoms with Crippen LogP contribution in [0.25, 0.3) is 0 Å². The minimum Gasteiger partial charge on any atom is -0.422 e. The van der Waals surface area contributed by atoms with Gasteiger partial charge in [0.15, 0.2) is 11.5 Å². The van der Waals surface area contributed by atoms with Gasteiger partial charge in [-0.15, -0.1) is 0 Å². The summed E-state index contributed by atoms with van der Waals surface area (Å²) < 4.78 is 4.81. The second-order valence-electron chi connectivity index (χ2n) is 3.75. The van der Waals surface area contributed by atoms with Crippen molar-refractivity contribution in [1.82, 2.24) is 0 Å². The summed E-state index contributed by atoms with van der Waals surface area (Å²) in [4.78, 5) is 34.9. The average molecular weight is 230 g/mol. The van der Waals surface area contributed by atoms with Crippen LogP contribution in [0.15, 0.2) is 35.6 Å². The Morgan fingerprint density at radius 2 is 1.59 bits per heavy atom. The molecule has 0 atom stereocenters. The fraction of sp³-hybridized carbons (Fsp3) is 0.154. The quantitative estimate of drug-likeness (QED) is 0.691. The summed E-state index contributed by atoms with van der Waals surface area (Å²) in [5, 5.41) is 0. The maximum atomic E-state index is 12.0. The molecule has 86 valence electrons. The normalized spacial score (nSPS) is 14.7. The van der Waals surface area contributed by atoms with E-state index in [0.29, 0.717) is 5.56 Å². The van der Waals surface area contributed by atoms with Crippen LogP contribution in [0.3, 0.4) is 0 Å². The van der Waals surface area contributed by atoms with E-state index in [1.807, 2.05) is 0 Å². The number of hydrogen-bond acceptors (Lipinski definition) is 4. The fourth-order valence-corrected chi connectivity index (χ4v) is 1.74. The van der Waals surface area contributed by atoms with E-state index in [2.05, 4.69) is 0 Å². The Kier molecular flexibility index (Phi) is 2.63. The molecule has 17 heavy (non-hydrogen) atoms. The van der Waals surface area contributed by atoms with Crippen molar-refractivity contribution in [2.75, 3.05) is 0 Å². The Morgan fingerprint density at radius 3 is 2.12 bits per heavy atom. The number of carbonyl (C=O) groups is 3. The zero-order valence-corrected chi connectivity index (χ0v) is 9.44. The number of ketones is 2. The lowest BCUT2D eigenvalue weighted by atomic mass is 9.89. The summed E-state index contributed by atoms with van der Waals surface area (Å²) in [6.45, 7) is 2.67. The molecule has 1 aromatic carbocycles. The first-order valence-corrected chi connectivity index (χ1v) is 5.10. The molecular weight excluding hydrogens is 220 g/mol. The molecule has 0 aliphatic heterocycles. The summed E-state index contributed by atoms with van der Waals surface area (Å²) in [7, 11) is 0. The summed E-state index contributed by atoms with van der Waals surface area (Å²) in [6, 6.07) is 6.49. The van der Waals surface area contributed by atoms with Crippen LogP contribution in [0.5, 0.6) is 0 Å². The van der Waals surface area contributed by atoms with Crippen molar-refractivity contribution < 1.29 is 19.1 Å². The lowest BCUT2D eigenvalue weighted by molar-refractivity contribution is -0.136. The molecule has 0 spiro atoms. The largest absolute Gasteiger partial charge is 0.422 e. The molecule has 0 N–H and O–H groups in total. The van der Waals surface area contributed by atoms with Gasteiger partial charge in [-0.25, -0.2) is 0 Å². The van der Waals surface area contributed by atoms with E-state index in [1.54, 1.807) is 24.3 Å². The average Bonchev–Trinajstić information content (AvgIpc) is 2.31. The van der Waals surface area contributed by atoms with Crippen LogP contribution in [0.1, 0.15) is 34.6 Å². The molecule has 0 aromatic heterocycles. The van der Waals surface area contributed by atoms with Crippen molar-refractivity contribution in [3.05, 3.63) is 46.7 Å². The number of esters is 1. The number of hydrogen-bond donors (Lipinski definition) is 0. The van der Waals surface area contributed by atoms with Crippen LogP contribution >= 0.6 is 0 Å². The highest BCUT2D eigenvalue weighted by Crippen LogP contribution is 2.26. The monoisotopic (exact) mass is 230 g/mol. The van der Waals surface area contributed by atoms with Crippen molar-refractivity contribution in [1.29, 1.82) is 0 Å². The van der Waals surface area contributed by atoms with E-state index in [0.717, 1.165) is 0 Å². The van der Waals surface area contributed by atoms with Gasteiger partial charge in [0.2, 0.25) is 5.78 Å². The highest BCUT2D eigenvalue weighted by molar-refractivity contribution is 6.26. The van der Waals surface area contributed by atoms with Gasteiger partial charge in [-0.1, -0.05) is 24.3 Å². The van der Waals surface area contributed by atoms with Crippen LogP contribution < -0.4 is 0 Å². The molecule has 0 radical (unpaired) electrons. The number of allylic oxidation sites excluding steroid dienone is 2. The molecule has 1 aromatic rings. The molecular formula is C13H10O4. The van der Waals surface area contributed by atoms with E-state index in [4.69, 9.17) is 4.74 Å². The standard InChI is InChI=1S/C13H10O4/c1-7-11(15)9-5-3-4-6-10(9)12(16)13(7)17-8(2)14/h3-6H,1-2H3. The van der Waals surface area contributed by atoms with Gasteiger partial charge < -0.3 is 4.74 Å². The minimum atomic E-state index is -0.611. The predicted octanol–water partition coefficient (Wildman–Crippen LogP) is 1.90. The van der Waals surface area contributed by atoms with Crippen molar-refractivity contribution in [3.8, 4) is 0 Å². The molecule has 0 bridgehead atoms. The predicted molar refractivity (Wildman–Crippen MR) is 59.6 cm³/mol. The number of rotatable bonds is 1. The van der Waals surface area contributed by atoms with Gasteiger partial charge >= 0.3 is 5.97 Å². The van der Waals surface area contributed by atoms with Gasteiger partial charge in [-0.3, -0.25) is 14.4 Å². The molecule has 1 aliphatic rings. The Balaban J connectivity index is 2.58. The van der Waals surface area contributed by atoms with Crippen LogP contribution in [-0.2, 0) is 9.53 Å². The van der Waals surface area contributed by atoms with Crippen molar-refractivity contribution in [2.45, 2.75) is 13.8 Å². The van der Waals surface area contributed by atoms with Crippen LogP contribution in [0.4, 0.5) is 0 Å². The van der Waals surface area contributed by atoms with E-state index < -0.39 is 11.8 Å². The first-order chi connectivity index (χ1) is 8.02. The maximum absolute atomic E-state index is 12.0. The van der Waals surface area contributed by atoms with Crippen molar-refractivity contribution in [2.24, 2.45) is 0 Å². The second-order valence-corrected chi connectivity index (χ2v) is 3.75. The van der Waals surface area contributed by atoms with E-state index in [9.17, 15) is 14.4 Å². The third-order valence-corrected chi connectivity index (χ3v) is 2.55. The highest BCUT2D eigenvalue weighted by atomic mass is 16.5. The third kappa shape index (κ3) is 1.78. The molecule has 4 nitrogen and oxygen atoms in total. The van der Waals surface area contributed by atoms with E-state index in [1.165, 1.54) is 13.8 Å². The Labute approximate surface area is 97.9 Å². The van der Waals surface area contributed by atoms with Crippen LogP contribution in [0.2, 0.25) is 0 Å². The molecule has 0 heterocycles. The van der Waals surface area contributed by atoms with Crippen LogP contribution in [0, 0.1) is 0 Å². The van der Waals surface area contributed by atoms with E-state index >= 15 is 0 Å². The molecule has 0 saturated carbocycles. The molecule has 0 fully saturated rings. The number of fused-ring (bicyclic) bond motifs is 1. The SMILES string of the molecule is CC(=O)OC1=C(C)C(=O)c2ccccc2C1=O. The third-order valence-electron chi connectivity index (χ3n) is 2.55. The zero-order valence-electron chi connectivity index (χ0n) is 9.44. The Hall–Kier alpha value is -2.23. The molecule has 0 unspecified atom stereocenters. The highest BCUT2D eigenvalue weighted by Gasteiger charge is 2.31. The smallest absolute Gasteiger partial charge is 0.308 e. The molecule has 4 heteroatoms. The number of ether oxygens (including phenoxy) is 1. The van der Waals surface area contributed by atoms with Crippen molar-refractivity contribution in [3.63, 3.8) is 0 Å². The topological polar surface area (TPSA) is 60.4 Å². The lowest BCUT2D eigenvalue weighted by Gasteiger charge is -2.17. The molecule has 0 saturated heterocycles. The van der Waals surface area contributed by atoms with Crippen LogP contribution in [-0.4, -0.2) is 17.5 Å². The van der Waals surface area contributed by atoms with Gasteiger partial charge in [-0.2, -0.15) is 0 Å². The maximum Gasteiger partial charge on any atom is 0.308 e. The Morgan fingerprint density at radius 1 is 1.06 bits per heavy atom. The minimum absolute atomic E-state index is 0.166.